The minimum absolute atomic E-state index is 0. The minimum atomic E-state index is -0.646. The van der Waals surface area contributed by atoms with Gasteiger partial charge in [-0.25, -0.2) is 49.3 Å². The lowest BCUT2D eigenvalue weighted by atomic mass is 9.49. The summed E-state index contributed by atoms with van der Waals surface area (Å²) in [5.74, 6) is 2.74. The van der Waals surface area contributed by atoms with Crippen LogP contribution < -0.4 is 53.0 Å². The fraction of sp³-hybridized carbons (Fsp3) is 0.374. The summed E-state index contributed by atoms with van der Waals surface area (Å²) in [4.78, 5) is 92.3. The third-order valence-corrected chi connectivity index (χ3v) is 22.7. The summed E-state index contributed by atoms with van der Waals surface area (Å²) in [5, 5.41) is 25.2. The molecule has 0 radical (unpaired) electrons. The number of phenols is 1. The number of amides is 2. The number of carbonyl (C=O) groups excluding carboxylic acids is 5. The van der Waals surface area contributed by atoms with Crippen molar-refractivity contribution in [1.29, 1.82) is 0 Å². The first-order valence-corrected chi connectivity index (χ1v) is 44.6. The molecule has 9 heterocycles. The van der Waals surface area contributed by atoms with Gasteiger partial charge in [0.25, 0.3) is 11.8 Å². The molecule has 36 nitrogen and oxygen atoms in total. The largest absolute Gasteiger partial charge is 0.508 e. The summed E-state index contributed by atoms with van der Waals surface area (Å²) >= 11 is 34.5. The molecule has 3 aromatic carbocycles. The molecule has 0 atom stereocenters. The van der Waals surface area contributed by atoms with Gasteiger partial charge in [0.05, 0.1) is 104 Å². The highest BCUT2D eigenvalue weighted by molar-refractivity contribution is 9.10. The number of hydrogen-bond acceptors (Lipinski definition) is 30. The zero-order chi connectivity index (χ0) is 101. The third kappa shape index (κ3) is 37.0. The lowest BCUT2D eigenvalue weighted by molar-refractivity contribution is 0.00578. The molecule has 3 aliphatic heterocycles. The molecule has 0 saturated carbocycles. The van der Waals surface area contributed by atoms with Crippen LogP contribution in [0.5, 0.6) is 29.0 Å². The monoisotopic (exact) mass is 2110 g/mol. The molecule has 10 N–H and O–H groups in total. The predicted molar refractivity (Wildman–Crippen MR) is 542 cm³/mol. The highest BCUT2D eigenvalue weighted by atomic mass is 79.9. The Labute approximate surface area is 841 Å². The van der Waals surface area contributed by atoms with Gasteiger partial charge in [-0.3, -0.25) is 24.0 Å². The molecule has 2 amide bonds. The number of aromatic nitrogens is 6. The van der Waals surface area contributed by atoms with Crippen LogP contribution in [0.15, 0.2) is 136 Å². The molecule has 0 aliphatic carbocycles. The van der Waals surface area contributed by atoms with Crippen molar-refractivity contribution in [3.8, 4) is 29.0 Å². The van der Waals surface area contributed by atoms with Crippen LogP contribution in [0, 0.1) is 26.3 Å². The predicted octanol–water partition coefficient (Wildman–Crippen LogP) is 19.6. The quantitative estimate of drug-likeness (QED) is 0.00657. The molecule has 0 bridgehead atoms. The van der Waals surface area contributed by atoms with Crippen molar-refractivity contribution in [2.75, 3.05) is 128 Å². The Balaban J connectivity index is 0.000000335. The minimum Gasteiger partial charge on any atom is -0.508 e. The van der Waals surface area contributed by atoms with Crippen molar-refractivity contribution in [3.05, 3.63) is 236 Å². The Morgan fingerprint density at radius 2 is 0.693 bits per heavy atom. The smallest absolute Gasteiger partial charge is 0.495 e. The van der Waals surface area contributed by atoms with Gasteiger partial charge in [-0.05, 0) is 210 Å². The Hall–Kier alpha value is -11.0. The summed E-state index contributed by atoms with van der Waals surface area (Å²) in [6, 6.07) is 33.6. The highest BCUT2D eigenvalue weighted by Crippen LogP contribution is 2.44. The molecule has 0 unspecified atom stereocenters. The van der Waals surface area contributed by atoms with Gasteiger partial charge in [0, 0.05) is 93.9 Å². The van der Waals surface area contributed by atoms with Gasteiger partial charge >= 0.3 is 21.1 Å². The maximum absolute atomic E-state index is 11.8. The van der Waals surface area contributed by atoms with Crippen molar-refractivity contribution < 1.29 is 90.2 Å². The number of primary amides is 2. The summed E-state index contributed by atoms with van der Waals surface area (Å²) in [6.45, 7) is 57.7. The maximum atomic E-state index is 11.8. The molecule has 6 aromatic heterocycles. The molecule has 0 spiro atoms. The number of ether oxygens (including phenoxy) is 7. The number of methoxy groups -OCH3 is 5. The van der Waals surface area contributed by atoms with Gasteiger partial charge in [0.1, 0.15) is 78.4 Å². The van der Waals surface area contributed by atoms with Crippen LogP contribution in [0.2, 0.25) is 25.8 Å². The Morgan fingerprint density at radius 3 is 1.03 bits per heavy atom. The second-order valence-electron chi connectivity index (χ2n) is 31.4. The van der Waals surface area contributed by atoms with Crippen LogP contribution >= 0.6 is 89.9 Å². The van der Waals surface area contributed by atoms with Gasteiger partial charge in [-0.1, -0.05) is 103 Å². The van der Waals surface area contributed by atoms with Gasteiger partial charge in [0.2, 0.25) is 34.5 Å². The number of aromatic hydroxyl groups is 1. The number of rotatable bonds is 31. The van der Waals surface area contributed by atoms with E-state index < -0.39 is 44.2 Å². The molecule has 3 fully saturated rings. The van der Waals surface area contributed by atoms with Crippen LogP contribution in [0.3, 0.4) is 0 Å². The third-order valence-electron chi connectivity index (χ3n) is 20.2. The number of nitrogens with zero attached hydrogens (tertiary/aromatic N) is 10. The normalized spacial score (nSPS) is 14.1. The number of carbonyl (C=O) groups is 5. The van der Waals surface area contributed by atoms with E-state index in [4.69, 9.17) is 162 Å². The van der Waals surface area contributed by atoms with Crippen molar-refractivity contribution in [2.45, 2.75) is 124 Å². The summed E-state index contributed by atoms with van der Waals surface area (Å²) < 4.78 is 73.4. The topological polar surface area (TPSA) is 433 Å². The van der Waals surface area contributed by atoms with Crippen LogP contribution in [-0.2, 0) is 51.6 Å². The van der Waals surface area contributed by atoms with E-state index in [2.05, 4.69) is 108 Å². The van der Waals surface area contributed by atoms with Crippen LogP contribution in [0.1, 0.15) is 142 Å². The average molecular weight is 2110 g/mol. The van der Waals surface area contributed by atoms with E-state index in [9.17, 15) is 24.0 Å². The van der Waals surface area contributed by atoms with Gasteiger partial charge < -0.3 is 104 Å². The van der Waals surface area contributed by atoms with Crippen molar-refractivity contribution >= 4 is 199 Å². The van der Waals surface area contributed by atoms with E-state index in [-0.39, 0.29) is 51.5 Å². The molecule has 3 saturated heterocycles. The first kappa shape index (κ1) is 118. The van der Waals surface area contributed by atoms with E-state index in [0.29, 0.717) is 199 Å². The van der Waals surface area contributed by atoms with E-state index in [0.717, 1.165) is 12.6 Å². The van der Waals surface area contributed by atoms with E-state index >= 15 is 0 Å². The lowest BCUT2D eigenvalue weighted by Gasteiger charge is -2.32. The maximum Gasteiger partial charge on any atom is 0.495 e. The molecule has 12 rings (SSSR count). The number of hydrogen-bond donors (Lipinski definition) is 8. The first-order valence-electron chi connectivity index (χ1n) is 41.1. The molecule has 46 heteroatoms. The summed E-state index contributed by atoms with van der Waals surface area (Å²) in [5.41, 5.74) is 11.9. The Morgan fingerprint density at radius 1 is 0.401 bits per heavy atom. The van der Waals surface area contributed by atoms with E-state index in [1.54, 1.807) is 127 Å². The molecule has 9 aromatic rings. The number of nitrogens with two attached hydrogens (primary N) is 2. The number of nitrogens with one attached hydrogen (secondary N) is 5. The highest BCUT2D eigenvalue weighted by Gasteiger charge is 2.64. The van der Waals surface area contributed by atoms with Crippen molar-refractivity contribution in [1.82, 2.24) is 29.9 Å². The average Bonchev–Trinajstić information content (AvgIpc) is 1.60. The molecular formula is C91H109B3Br2Cl5N17O19. The molecule has 137 heavy (non-hydrogen) atoms. The standard InChI is InChI=1S/C22H26BN3O5.C16H14BrN3O3.C12H24B2O4.C9H12ClN3O2.2C9H10ClN3O.C7H5BrO2.C6H4Cl2N2O.CH4/c1-21(2)22(3,4)31-23(30-21)17-8-7-16(13-15(17)14-27)29-19-10-9-18(24-5)20(26-19)25-11-12-28-6;1-18-14-5-6-15(20-16(14)19-7-8-22-2)23-12-3-4-13(17)11(9-12)10-21;1-9(2)10(3,4)16-13(15-9)14-17-11(5,6)12(7,8)18-14;1-15-5-4-12-9-6(8(11)14)2-3-7(10)13-9;2*1-11-7-3-4-8(10)13-9(7)12-5-6-14-2;8-7-2-1-6(10)3-5(7)4-9;7-4-2-1-3(6(9)11)5(8)10-4;/h7-10,13-14H,11-12H2,1-4,6H3,(H,25,26);3-6,9-10H,7-8H2,2H3,(H,19,20);1-8H3;2-3H,4-5H2,1H3,(H2,11,14)(H,12,13);2*3-4H,5-6H2,2H3,(H,12,13);1-4,10H;1-2H,(H2,9,11);1H4. The second kappa shape index (κ2) is 57.4. The Bertz CT molecular complexity index is 5560. The van der Waals surface area contributed by atoms with E-state index in [1.807, 2.05) is 83.1 Å². The number of benzene rings is 3. The van der Waals surface area contributed by atoms with Crippen LogP contribution in [-0.4, -0.2) is 222 Å². The van der Waals surface area contributed by atoms with Crippen LogP contribution in [0.25, 0.3) is 19.4 Å². The number of phenolic OH excluding ortho intramolecular Hbond substituents is 1. The second-order valence-corrected chi connectivity index (χ2v) is 35.0. The lowest BCUT2D eigenvalue weighted by Crippen LogP contribution is -2.41. The Kier molecular flexibility index (Phi) is 49.6. The summed E-state index contributed by atoms with van der Waals surface area (Å²) in [6.07, 6.45) is 2.18. The van der Waals surface area contributed by atoms with Gasteiger partial charge in [-0.2, -0.15) is 0 Å². The fourth-order valence-corrected chi connectivity index (χ4v) is 12.4. The van der Waals surface area contributed by atoms with Gasteiger partial charge in [-0.15, -0.1) is 0 Å². The van der Waals surface area contributed by atoms with Crippen LogP contribution in [0.4, 0.5) is 51.8 Å². The van der Waals surface area contributed by atoms with Crippen molar-refractivity contribution in [2.24, 2.45) is 11.5 Å². The summed E-state index contributed by atoms with van der Waals surface area (Å²) in [7, 11) is 6.41. The number of anilines is 5. The number of halogens is 7. The molecular weight excluding hydrogens is 2000 g/mol. The molecule has 730 valence electrons. The molecule has 3 aliphatic rings. The number of pyridine rings is 6. The number of aldehydes is 3. The fourth-order valence-electron chi connectivity index (χ4n) is 10.9. The van der Waals surface area contributed by atoms with Gasteiger partial charge in [0.15, 0.2) is 12.6 Å². The van der Waals surface area contributed by atoms with E-state index in [1.165, 1.54) is 36.4 Å². The SMILES string of the molecule is C.CC1(C)OB(B2OC(C)(C)C(C)(C)O2)OC1(C)C.COCCNc1nc(Cl)ccc1C(N)=O.NC(=O)c1ccc(Cl)nc1Cl.O=Cc1cc(O)ccc1Br.[C-]#[N+]c1ccc(Cl)nc1NCCOC.[C-]#[N+]c1ccc(Cl)nc1NCCOC.[C-]#[N+]c1ccc(Oc2ccc(B3OC(C)(C)C(C)(C)O3)c(C=O)c2)nc1NCCOC.[C-]#[N+]c1ccc(Oc2ccc(Br)c(C=O)c2)nc1NCCOC. The zero-order valence-corrected chi connectivity index (χ0v) is 84.7. The first-order chi connectivity index (χ1) is 64.3. The van der Waals surface area contributed by atoms with Crippen molar-refractivity contribution in [3.63, 3.8) is 0 Å². The zero-order valence-electron chi connectivity index (χ0n) is 77.7.